The number of aryl methyl sites for hydroxylation is 1. The molecule has 1 aliphatic rings. The van der Waals surface area contributed by atoms with Crippen LogP contribution in [0.5, 0.6) is 0 Å². The van der Waals surface area contributed by atoms with Gasteiger partial charge in [0.1, 0.15) is 11.6 Å². The summed E-state index contributed by atoms with van der Waals surface area (Å²) in [6, 6.07) is 12.6. The van der Waals surface area contributed by atoms with E-state index in [0.717, 1.165) is 29.7 Å². The number of unbranched alkanes of at least 4 members (excludes halogenated alkanes) is 2. The van der Waals surface area contributed by atoms with Crippen molar-refractivity contribution in [2.45, 2.75) is 45.4 Å². The van der Waals surface area contributed by atoms with Crippen LogP contribution in [-0.4, -0.2) is 0 Å². The molecule has 1 aliphatic carbocycles. The molecular formula is C27H24F4. The number of allylic oxidation sites excluding steroid dienone is 2. The van der Waals surface area contributed by atoms with Crippen molar-refractivity contribution in [1.29, 1.82) is 0 Å². The smallest absolute Gasteiger partial charge is 0.159 e. The zero-order valence-corrected chi connectivity index (χ0v) is 17.5. The van der Waals surface area contributed by atoms with E-state index in [2.05, 4.69) is 31.2 Å². The lowest BCUT2D eigenvalue weighted by molar-refractivity contribution is 0.508. The van der Waals surface area contributed by atoms with Crippen LogP contribution in [0.1, 0.15) is 48.4 Å². The number of fused-ring (bicyclic) bond motifs is 1. The highest BCUT2D eigenvalue weighted by Gasteiger charge is 2.23. The van der Waals surface area contributed by atoms with E-state index in [0.29, 0.717) is 24.0 Å². The van der Waals surface area contributed by atoms with E-state index < -0.39 is 23.3 Å². The molecule has 0 heterocycles. The lowest BCUT2D eigenvalue weighted by atomic mass is 9.85. The van der Waals surface area contributed by atoms with E-state index in [9.17, 15) is 13.2 Å². The van der Waals surface area contributed by atoms with Crippen LogP contribution in [0, 0.1) is 23.3 Å². The van der Waals surface area contributed by atoms with Gasteiger partial charge in [0.25, 0.3) is 0 Å². The van der Waals surface area contributed by atoms with E-state index in [4.69, 9.17) is 0 Å². The molecule has 0 bridgehead atoms. The molecule has 0 aromatic heterocycles. The summed E-state index contributed by atoms with van der Waals surface area (Å²) in [5, 5.41) is 0. The molecule has 3 aromatic rings. The maximum atomic E-state index is 15.2. The largest absolute Gasteiger partial charge is 0.206 e. The molecule has 0 saturated carbocycles. The summed E-state index contributed by atoms with van der Waals surface area (Å²) >= 11 is 0. The van der Waals surface area contributed by atoms with Crippen molar-refractivity contribution in [2.24, 2.45) is 0 Å². The topological polar surface area (TPSA) is 0 Å². The molecule has 0 amide bonds. The Hall–Kier alpha value is -2.88. The Morgan fingerprint density at radius 1 is 0.774 bits per heavy atom. The quantitative estimate of drug-likeness (QED) is 0.279. The molecule has 0 atom stereocenters. The Bertz CT molecular complexity index is 1130. The fraction of sp³-hybridized carbons (Fsp3) is 0.259. The monoisotopic (exact) mass is 424 g/mol. The predicted molar refractivity (Wildman–Crippen MR) is 117 cm³/mol. The Kier molecular flexibility index (Phi) is 6.26. The van der Waals surface area contributed by atoms with Gasteiger partial charge in [-0.3, -0.25) is 0 Å². The molecule has 0 nitrogen and oxygen atoms in total. The Labute approximate surface area is 180 Å². The molecular weight excluding hydrogens is 400 g/mol. The highest BCUT2D eigenvalue weighted by molar-refractivity contribution is 5.73. The minimum absolute atomic E-state index is 0.00913. The standard InChI is InChI=1S/C27H24F4/c1-2-3-4-5-17-6-8-18(9-7-17)19-10-12-22-21(14-19)16-25(30)26(27(22)31)20-11-13-23(28)24(29)15-20/h6-11,13,15-16H,2-5,12,14H2,1H3. The van der Waals surface area contributed by atoms with Crippen molar-refractivity contribution in [3.05, 3.63) is 100 Å². The van der Waals surface area contributed by atoms with Crippen molar-refractivity contribution in [3.63, 3.8) is 0 Å². The van der Waals surface area contributed by atoms with Crippen molar-refractivity contribution < 1.29 is 17.6 Å². The van der Waals surface area contributed by atoms with Gasteiger partial charge in [-0.15, -0.1) is 0 Å². The molecule has 0 radical (unpaired) electrons. The molecule has 0 saturated heterocycles. The molecule has 0 spiro atoms. The predicted octanol–water partition coefficient (Wildman–Crippen LogP) is 7.82. The van der Waals surface area contributed by atoms with Gasteiger partial charge in [0, 0.05) is 0 Å². The third-order valence-corrected chi connectivity index (χ3v) is 5.95. The Balaban J connectivity index is 1.59. The summed E-state index contributed by atoms with van der Waals surface area (Å²) in [6.07, 6.45) is 7.35. The number of benzene rings is 3. The molecule has 31 heavy (non-hydrogen) atoms. The molecule has 160 valence electrons. The van der Waals surface area contributed by atoms with Crippen LogP contribution >= 0.6 is 0 Å². The molecule has 4 heteroatoms. The summed E-state index contributed by atoms with van der Waals surface area (Å²) in [6.45, 7) is 2.18. The normalized spacial score (nSPS) is 13.1. The molecule has 0 unspecified atom stereocenters. The summed E-state index contributed by atoms with van der Waals surface area (Å²) in [4.78, 5) is 0. The number of rotatable bonds is 6. The summed E-state index contributed by atoms with van der Waals surface area (Å²) in [7, 11) is 0. The fourth-order valence-corrected chi connectivity index (χ4v) is 4.19. The van der Waals surface area contributed by atoms with Crippen molar-refractivity contribution >= 4 is 5.57 Å². The molecule has 0 N–H and O–H groups in total. The molecule has 0 fully saturated rings. The maximum absolute atomic E-state index is 15.2. The molecule has 4 rings (SSSR count). The van der Waals surface area contributed by atoms with Gasteiger partial charge in [-0.25, -0.2) is 17.6 Å². The lowest BCUT2D eigenvalue weighted by Crippen LogP contribution is -2.08. The van der Waals surface area contributed by atoms with Crippen LogP contribution in [0.15, 0.2) is 54.6 Å². The Morgan fingerprint density at radius 2 is 1.52 bits per heavy atom. The average Bonchev–Trinajstić information content (AvgIpc) is 2.76. The van der Waals surface area contributed by atoms with Crippen LogP contribution < -0.4 is 0 Å². The van der Waals surface area contributed by atoms with E-state index in [1.165, 1.54) is 37.0 Å². The lowest BCUT2D eigenvalue weighted by Gasteiger charge is -2.20. The van der Waals surface area contributed by atoms with E-state index >= 15 is 4.39 Å². The highest BCUT2D eigenvalue weighted by Crippen LogP contribution is 2.36. The average molecular weight is 424 g/mol. The van der Waals surface area contributed by atoms with Gasteiger partial charge in [-0.1, -0.05) is 56.2 Å². The summed E-state index contributed by atoms with van der Waals surface area (Å²) < 4.78 is 56.8. The van der Waals surface area contributed by atoms with E-state index in [1.54, 1.807) is 0 Å². The highest BCUT2D eigenvalue weighted by atomic mass is 19.2. The zero-order valence-electron chi connectivity index (χ0n) is 17.5. The van der Waals surface area contributed by atoms with Gasteiger partial charge in [-0.2, -0.15) is 0 Å². The fourth-order valence-electron chi connectivity index (χ4n) is 4.19. The third kappa shape index (κ3) is 4.43. The zero-order chi connectivity index (χ0) is 22.0. The van der Waals surface area contributed by atoms with Crippen LogP contribution in [0.4, 0.5) is 17.6 Å². The van der Waals surface area contributed by atoms with Gasteiger partial charge >= 0.3 is 0 Å². The van der Waals surface area contributed by atoms with Gasteiger partial charge in [-0.05, 0) is 77.3 Å². The van der Waals surface area contributed by atoms with Gasteiger partial charge in [0.05, 0.1) is 5.56 Å². The van der Waals surface area contributed by atoms with Crippen LogP contribution in [0.25, 0.3) is 16.7 Å². The van der Waals surface area contributed by atoms with Gasteiger partial charge in [0.15, 0.2) is 11.6 Å². The van der Waals surface area contributed by atoms with Crippen molar-refractivity contribution in [3.8, 4) is 11.1 Å². The second-order valence-electron chi connectivity index (χ2n) is 8.08. The number of hydrogen-bond acceptors (Lipinski definition) is 0. The second-order valence-corrected chi connectivity index (χ2v) is 8.08. The summed E-state index contributed by atoms with van der Waals surface area (Å²) in [5.41, 5.74) is 4.05. The third-order valence-electron chi connectivity index (χ3n) is 5.95. The SMILES string of the molecule is CCCCCc1ccc(C2=CCc3c(cc(F)c(-c4ccc(F)c(F)c4)c3F)C2)cc1. The number of halogens is 4. The van der Waals surface area contributed by atoms with E-state index in [-0.39, 0.29) is 11.1 Å². The number of hydrogen-bond donors (Lipinski definition) is 0. The minimum Gasteiger partial charge on any atom is -0.206 e. The Morgan fingerprint density at radius 3 is 2.23 bits per heavy atom. The van der Waals surface area contributed by atoms with Crippen molar-refractivity contribution in [1.82, 2.24) is 0 Å². The summed E-state index contributed by atoms with van der Waals surface area (Å²) in [5.74, 6) is -3.65. The van der Waals surface area contributed by atoms with Gasteiger partial charge < -0.3 is 0 Å². The minimum atomic E-state index is -1.13. The van der Waals surface area contributed by atoms with Crippen LogP contribution in [-0.2, 0) is 19.3 Å². The van der Waals surface area contributed by atoms with E-state index in [1.807, 2.05) is 6.08 Å². The first-order chi connectivity index (χ1) is 15.0. The molecule has 0 aliphatic heterocycles. The van der Waals surface area contributed by atoms with Crippen LogP contribution in [0.3, 0.4) is 0 Å². The first-order valence-electron chi connectivity index (χ1n) is 10.7. The second kappa shape index (κ2) is 9.09. The first kappa shape index (κ1) is 21.4. The van der Waals surface area contributed by atoms with Crippen LogP contribution in [0.2, 0.25) is 0 Å². The van der Waals surface area contributed by atoms with Gasteiger partial charge in [0.2, 0.25) is 0 Å². The molecule has 3 aromatic carbocycles. The van der Waals surface area contributed by atoms with Crippen molar-refractivity contribution in [2.75, 3.05) is 0 Å². The first-order valence-corrected chi connectivity index (χ1v) is 10.7. The maximum Gasteiger partial charge on any atom is 0.159 e.